The van der Waals surface area contributed by atoms with E-state index in [1.165, 1.54) is 19.4 Å². The molecule has 0 aliphatic carbocycles. The maximum Gasteiger partial charge on any atom is 1.00 e. The van der Waals surface area contributed by atoms with E-state index >= 15 is 0 Å². The molecule has 54 valence electrons. The summed E-state index contributed by atoms with van der Waals surface area (Å²) in [6.45, 7) is 1.28. The maximum absolute atomic E-state index is 10.2. The molecule has 10 heavy (non-hydrogen) atoms. The van der Waals surface area contributed by atoms with E-state index in [1.807, 2.05) is 0 Å². The van der Waals surface area contributed by atoms with E-state index < -0.39 is 0 Å². The average molecular weight is 135 g/mol. The summed E-state index contributed by atoms with van der Waals surface area (Å²) in [5.41, 5.74) is 0. The molecule has 1 fully saturated rings. The zero-order valence-electron chi connectivity index (χ0n) is 6.97. The first kappa shape index (κ1) is 10.5. The molecule has 0 bridgehead atoms. The van der Waals surface area contributed by atoms with Crippen LogP contribution in [0.15, 0.2) is 0 Å². The van der Waals surface area contributed by atoms with Crippen molar-refractivity contribution in [1.82, 2.24) is 4.90 Å². The molecular formula is C7H14LiNO. The summed E-state index contributed by atoms with van der Waals surface area (Å²) >= 11 is 0. The summed E-state index contributed by atoms with van der Waals surface area (Å²) in [5.74, 6) is 0. The Labute approximate surface area is 74.8 Å². The van der Waals surface area contributed by atoms with Crippen LogP contribution in [0.1, 0.15) is 19.3 Å². The SMILES string of the molecule is CN1CCCC1CC[O-].[Li+]. The molecule has 0 N–H and O–H groups in total. The second-order valence-corrected chi connectivity index (χ2v) is 2.77. The van der Waals surface area contributed by atoms with Crippen molar-refractivity contribution in [3.8, 4) is 0 Å². The van der Waals surface area contributed by atoms with E-state index in [-0.39, 0.29) is 25.5 Å². The smallest absolute Gasteiger partial charge is 0.854 e. The van der Waals surface area contributed by atoms with E-state index in [0.717, 1.165) is 6.42 Å². The van der Waals surface area contributed by atoms with Gasteiger partial charge in [0.1, 0.15) is 0 Å². The van der Waals surface area contributed by atoms with E-state index in [0.29, 0.717) is 6.04 Å². The molecule has 1 atom stereocenters. The Hall–Kier alpha value is 0.517. The van der Waals surface area contributed by atoms with E-state index in [1.54, 1.807) is 0 Å². The fourth-order valence-electron chi connectivity index (χ4n) is 1.48. The van der Waals surface area contributed by atoms with Gasteiger partial charge in [-0.1, -0.05) is 6.42 Å². The summed E-state index contributed by atoms with van der Waals surface area (Å²) in [6.07, 6.45) is 3.36. The van der Waals surface area contributed by atoms with Gasteiger partial charge in [0.2, 0.25) is 0 Å². The number of rotatable bonds is 2. The van der Waals surface area contributed by atoms with Crippen LogP contribution in [0.3, 0.4) is 0 Å². The van der Waals surface area contributed by atoms with Gasteiger partial charge in [0.05, 0.1) is 0 Å². The summed E-state index contributed by atoms with van der Waals surface area (Å²) in [5, 5.41) is 10.2. The Morgan fingerprint density at radius 1 is 1.60 bits per heavy atom. The van der Waals surface area contributed by atoms with Gasteiger partial charge >= 0.3 is 18.9 Å². The second-order valence-electron chi connectivity index (χ2n) is 2.77. The Balaban J connectivity index is 0.000000810. The van der Waals surface area contributed by atoms with E-state index in [4.69, 9.17) is 0 Å². The molecule has 0 saturated carbocycles. The molecule has 1 saturated heterocycles. The Bertz CT molecular complexity index is 89.7. The van der Waals surface area contributed by atoms with Crippen LogP contribution in [0.4, 0.5) is 0 Å². The van der Waals surface area contributed by atoms with Crippen LogP contribution in [0, 0.1) is 0 Å². The van der Waals surface area contributed by atoms with Gasteiger partial charge in [-0.2, -0.15) is 0 Å². The Kier molecular flexibility index (Phi) is 5.47. The van der Waals surface area contributed by atoms with Gasteiger partial charge < -0.3 is 10.0 Å². The predicted molar refractivity (Wildman–Crippen MR) is 35.1 cm³/mol. The third-order valence-electron chi connectivity index (χ3n) is 2.12. The minimum atomic E-state index is 0. The first-order chi connectivity index (χ1) is 4.34. The fraction of sp³-hybridized carbons (Fsp3) is 1.00. The summed E-state index contributed by atoms with van der Waals surface area (Å²) in [4.78, 5) is 2.29. The van der Waals surface area contributed by atoms with Crippen LogP contribution in [0.5, 0.6) is 0 Å². The van der Waals surface area contributed by atoms with Crippen LogP contribution in [0.25, 0.3) is 0 Å². The van der Waals surface area contributed by atoms with Crippen molar-refractivity contribution in [3.63, 3.8) is 0 Å². The largest absolute Gasteiger partial charge is 1.00 e. The zero-order chi connectivity index (χ0) is 6.69. The van der Waals surface area contributed by atoms with Gasteiger partial charge in [-0.15, -0.1) is 6.61 Å². The number of nitrogens with zero attached hydrogens (tertiary/aromatic N) is 1. The van der Waals surface area contributed by atoms with Gasteiger partial charge in [-0.05, 0) is 26.4 Å². The second kappa shape index (κ2) is 5.21. The van der Waals surface area contributed by atoms with Crippen molar-refractivity contribution in [2.45, 2.75) is 25.3 Å². The third kappa shape index (κ3) is 2.63. The molecule has 1 unspecified atom stereocenters. The third-order valence-corrected chi connectivity index (χ3v) is 2.12. The Morgan fingerprint density at radius 3 is 2.70 bits per heavy atom. The summed E-state index contributed by atoms with van der Waals surface area (Å²) in [7, 11) is 2.10. The van der Waals surface area contributed by atoms with Crippen molar-refractivity contribution in [2.24, 2.45) is 0 Å². The minimum Gasteiger partial charge on any atom is -0.854 e. The topological polar surface area (TPSA) is 26.3 Å². The maximum atomic E-state index is 10.2. The van der Waals surface area contributed by atoms with Crippen molar-refractivity contribution >= 4 is 0 Å². The van der Waals surface area contributed by atoms with Crippen molar-refractivity contribution in [1.29, 1.82) is 0 Å². The molecule has 0 spiro atoms. The first-order valence-electron chi connectivity index (χ1n) is 3.63. The summed E-state index contributed by atoms with van der Waals surface area (Å²) < 4.78 is 0. The monoisotopic (exact) mass is 135 g/mol. The van der Waals surface area contributed by atoms with Gasteiger partial charge in [0, 0.05) is 6.04 Å². The number of hydrogen-bond acceptors (Lipinski definition) is 2. The molecule has 2 nitrogen and oxygen atoms in total. The van der Waals surface area contributed by atoms with Gasteiger partial charge in [0.25, 0.3) is 0 Å². The van der Waals surface area contributed by atoms with Crippen LogP contribution >= 0.6 is 0 Å². The molecule has 0 aromatic heterocycles. The Morgan fingerprint density at radius 2 is 2.30 bits per heavy atom. The van der Waals surface area contributed by atoms with Crippen molar-refractivity contribution < 1.29 is 24.0 Å². The average Bonchev–Trinajstić information content (AvgIpc) is 2.18. The van der Waals surface area contributed by atoms with Crippen LogP contribution < -0.4 is 24.0 Å². The van der Waals surface area contributed by atoms with Crippen LogP contribution in [0.2, 0.25) is 0 Å². The van der Waals surface area contributed by atoms with E-state index in [2.05, 4.69) is 11.9 Å². The van der Waals surface area contributed by atoms with Gasteiger partial charge in [0.15, 0.2) is 0 Å². The van der Waals surface area contributed by atoms with Crippen LogP contribution in [-0.2, 0) is 0 Å². The van der Waals surface area contributed by atoms with Gasteiger partial charge in [-0.25, -0.2) is 0 Å². The van der Waals surface area contributed by atoms with Crippen molar-refractivity contribution in [3.05, 3.63) is 0 Å². The zero-order valence-corrected chi connectivity index (χ0v) is 6.97. The molecule has 1 heterocycles. The predicted octanol–water partition coefficient (Wildman–Crippen LogP) is -3.16. The molecule has 1 aliphatic heterocycles. The molecular weight excluding hydrogens is 121 g/mol. The number of likely N-dealkylation sites (tertiary alicyclic amines) is 1. The normalized spacial score (nSPS) is 26.4. The summed E-state index contributed by atoms with van der Waals surface area (Å²) in [6, 6.07) is 0.600. The quantitative estimate of drug-likeness (QED) is 0.373. The molecule has 0 radical (unpaired) electrons. The molecule has 1 rings (SSSR count). The van der Waals surface area contributed by atoms with Crippen LogP contribution in [-0.4, -0.2) is 31.1 Å². The molecule has 3 heteroatoms. The standard InChI is InChI=1S/C7H14NO.Li/c1-8-5-2-3-7(8)4-6-9;/h7H,2-6H2,1H3;/q-1;+1. The van der Waals surface area contributed by atoms with Gasteiger partial charge in [-0.3, -0.25) is 0 Å². The molecule has 1 aliphatic rings. The van der Waals surface area contributed by atoms with Crippen molar-refractivity contribution in [2.75, 3.05) is 20.2 Å². The van der Waals surface area contributed by atoms with E-state index in [9.17, 15) is 5.11 Å². The minimum absolute atomic E-state index is 0. The number of hydrogen-bond donors (Lipinski definition) is 0. The first-order valence-corrected chi connectivity index (χ1v) is 3.63. The molecule has 0 amide bonds. The fourth-order valence-corrected chi connectivity index (χ4v) is 1.48. The molecule has 0 aromatic rings. The molecule has 0 aromatic carbocycles.